The van der Waals surface area contributed by atoms with Crippen LogP contribution in [0, 0.1) is 0 Å². The van der Waals surface area contributed by atoms with Gasteiger partial charge in [0.25, 0.3) is 0 Å². The van der Waals surface area contributed by atoms with E-state index in [0.29, 0.717) is 6.04 Å². The van der Waals surface area contributed by atoms with Crippen LogP contribution in [-0.2, 0) is 0 Å². The van der Waals surface area contributed by atoms with Crippen molar-refractivity contribution >= 4 is 32.4 Å². The monoisotopic (exact) mass is 275 g/mol. The molecule has 1 N–H and O–H groups in total. The lowest BCUT2D eigenvalue weighted by molar-refractivity contribution is 0.646. The highest BCUT2D eigenvalue weighted by Gasteiger charge is 2.22. The van der Waals surface area contributed by atoms with Crippen molar-refractivity contribution in [1.82, 2.24) is 10.3 Å². The van der Waals surface area contributed by atoms with Crippen molar-refractivity contribution in [2.45, 2.75) is 19.4 Å². The van der Waals surface area contributed by atoms with Gasteiger partial charge in [-0.25, -0.2) is 4.98 Å². The number of hydrogen-bond donors (Lipinski definition) is 1. The van der Waals surface area contributed by atoms with Crippen LogP contribution in [0.4, 0.5) is 5.13 Å². The predicted molar refractivity (Wildman–Crippen MR) is 64.1 cm³/mol. The van der Waals surface area contributed by atoms with Gasteiger partial charge in [0.2, 0.25) is 0 Å². The first-order chi connectivity index (χ1) is 6.81. The summed E-state index contributed by atoms with van der Waals surface area (Å²) < 4.78 is 0.946. The third kappa shape index (κ3) is 2.10. The normalized spacial score (nSPS) is 21.4. The van der Waals surface area contributed by atoms with Gasteiger partial charge in [-0.1, -0.05) is 0 Å². The highest BCUT2D eigenvalue weighted by Crippen LogP contribution is 2.26. The Hall–Kier alpha value is -0.130. The molecule has 0 radical (unpaired) electrons. The summed E-state index contributed by atoms with van der Waals surface area (Å²) in [4.78, 5) is 6.84. The molecule has 1 unspecified atom stereocenters. The second kappa shape index (κ2) is 4.59. The Labute approximate surface area is 96.7 Å². The molecule has 78 valence electrons. The van der Waals surface area contributed by atoms with Crippen LogP contribution < -0.4 is 10.2 Å². The number of thiazole rings is 1. The van der Waals surface area contributed by atoms with Crippen molar-refractivity contribution in [2.24, 2.45) is 0 Å². The fourth-order valence-corrected chi connectivity index (χ4v) is 3.22. The number of rotatable bonds is 3. The molecule has 0 bridgehead atoms. The largest absolute Gasteiger partial charge is 0.344 e. The second-order valence-corrected chi connectivity index (χ2v) is 5.03. The van der Waals surface area contributed by atoms with E-state index in [2.05, 4.69) is 38.1 Å². The van der Waals surface area contributed by atoms with Crippen molar-refractivity contribution in [1.29, 1.82) is 0 Å². The smallest absolute Gasteiger partial charge is 0.186 e. The maximum absolute atomic E-state index is 4.46. The third-order valence-electron chi connectivity index (χ3n) is 2.53. The van der Waals surface area contributed by atoms with Gasteiger partial charge in [0.1, 0.15) is 4.60 Å². The van der Waals surface area contributed by atoms with Gasteiger partial charge in [-0.15, -0.1) is 11.3 Å². The molecule has 1 aromatic heterocycles. The van der Waals surface area contributed by atoms with Crippen LogP contribution in [0.25, 0.3) is 0 Å². The van der Waals surface area contributed by atoms with E-state index in [4.69, 9.17) is 0 Å². The summed E-state index contributed by atoms with van der Waals surface area (Å²) in [6, 6.07) is 0.623. The Morgan fingerprint density at radius 2 is 2.64 bits per heavy atom. The third-order valence-corrected chi connectivity index (χ3v) is 4.11. The maximum Gasteiger partial charge on any atom is 0.186 e. The van der Waals surface area contributed by atoms with Crippen LogP contribution in [0.3, 0.4) is 0 Å². The summed E-state index contributed by atoms with van der Waals surface area (Å²) in [5.74, 6) is 0. The van der Waals surface area contributed by atoms with E-state index < -0.39 is 0 Å². The number of likely N-dealkylation sites (N-methyl/N-ethyl adjacent to an activating group) is 1. The molecule has 0 amide bonds. The van der Waals surface area contributed by atoms with Gasteiger partial charge in [-0.3, -0.25) is 0 Å². The number of anilines is 1. The van der Waals surface area contributed by atoms with E-state index in [9.17, 15) is 0 Å². The van der Waals surface area contributed by atoms with Gasteiger partial charge in [0, 0.05) is 24.5 Å². The topological polar surface area (TPSA) is 28.2 Å². The summed E-state index contributed by atoms with van der Waals surface area (Å²) in [5.41, 5.74) is 0. The molecule has 2 rings (SSSR count). The van der Waals surface area contributed by atoms with E-state index in [1.165, 1.54) is 6.42 Å². The fraction of sp³-hybridized carbons (Fsp3) is 0.667. The number of nitrogens with one attached hydrogen (secondary N) is 1. The molecule has 1 aliphatic rings. The average molecular weight is 276 g/mol. The lowest BCUT2D eigenvalue weighted by atomic mass is 10.2. The van der Waals surface area contributed by atoms with Gasteiger partial charge in [0.05, 0.1) is 0 Å². The molecule has 1 atom stereocenters. The zero-order valence-electron chi connectivity index (χ0n) is 8.16. The molecule has 3 nitrogen and oxygen atoms in total. The molecule has 1 saturated heterocycles. The highest BCUT2D eigenvalue weighted by molar-refractivity contribution is 9.10. The summed E-state index contributed by atoms with van der Waals surface area (Å²) in [6.45, 7) is 5.44. The standard InChI is InChI=1S/C9H14BrN3S/c1-2-13(7-3-4-11-5-7)9-12-8(10)6-14-9/h6-7,11H,2-5H2,1H3. The molecule has 2 heterocycles. The molecule has 1 fully saturated rings. The molecule has 5 heteroatoms. The lowest BCUT2D eigenvalue weighted by Crippen LogP contribution is -2.36. The van der Waals surface area contributed by atoms with Gasteiger partial charge in [-0.05, 0) is 35.8 Å². The molecule has 0 aliphatic carbocycles. The zero-order valence-corrected chi connectivity index (χ0v) is 10.6. The number of hydrogen-bond acceptors (Lipinski definition) is 4. The van der Waals surface area contributed by atoms with Crippen LogP contribution in [-0.4, -0.2) is 30.7 Å². The molecule has 0 saturated carbocycles. The van der Waals surface area contributed by atoms with Crippen LogP contribution >= 0.6 is 27.3 Å². The number of nitrogens with zero attached hydrogens (tertiary/aromatic N) is 2. The SMILES string of the molecule is CCN(c1nc(Br)cs1)C1CCNC1. The summed E-state index contributed by atoms with van der Waals surface area (Å²) in [6.07, 6.45) is 1.23. The molecular weight excluding hydrogens is 262 g/mol. The molecule has 1 aromatic rings. The predicted octanol–water partition coefficient (Wildman–Crippen LogP) is 2.09. The number of halogens is 1. The Morgan fingerprint density at radius 1 is 1.79 bits per heavy atom. The van der Waals surface area contributed by atoms with Gasteiger partial charge < -0.3 is 10.2 Å². The highest BCUT2D eigenvalue weighted by atomic mass is 79.9. The minimum Gasteiger partial charge on any atom is -0.344 e. The molecule has 0 spiro atoms. The van der Waals surface area contributed by atoms with Gasteiger partial charge in [-0.2, -0.15) is 0 Å². The van der Waals surface area contributed by atoms with Crippen molar-refractivity contribution in [3.8, 4) is 0 Å². The van der Waals surface area contributed by atoms with E-state index >= 15 is 0 Å². The molecule has 1 aliphatic heterocycles. The zero-order chi connectivity index (χ0) is 9.97. The quantitative estimate of drug-likeness (QED) is 0.916. The molecule has 0 aromatic carbocycles. The van der Waals surface area contributed by atoms with Crippen molar-refractivity contribution in [2.75, 3.05) is 24.5 Å². The molecular formula is C9H14BrN3S. The van der Waals surface area contributed by atoms with Crippen LogP contribution in [0.15, 0.2) is 9.98 Å². The Balaban J connectivity index is 2.12. The second-order valence-electron chi connectivity index (χ2n) is 3.39. The fourth-order valence-electron chi connectivity index (χ4n) is 1.83. The van der Waals surface area contributed by atoms with Crippen molar-refractivity contribution < 1.29 is 0 Å². The Kier molecular flexibility index (Phi) is 3.41. The van der Waals surface area contributed by atoms with Crippen LogP contribution in [0.1, 0.15) is 13.3 Å². The van der Waals surface area contributed by atoms with Crippen molar-refractivity contribution in [3.05, 3.63) is 9.98 Å². The Bertz CT molecular complexity index is 296. The van der Waals surface area contributed by atoms with E-state index in [1.54, 1.807) is 11.3 Å². The van der Waals surface area contributed by atoms with E-state index in [0.717, 1.165) is 29.4 Å². The van der Waals surface area contributed by atoms with E-state index in [-0.39, 0.29) is 0 Å². The average Bonchev–Trinajstić information content (AvgIpc) is 2.79. The summed E-state index contributed by atoms with van der Waals surface area (Å²) >= 11 is 5.10. The first-order valence-electron chi connectivity index (χ1n) is 4.89. The van der Waals surface area contributed by atoms with Crippen LogP contribution in [0.5, 0.6) is 0 Å². The van der Waals surface area contributed by atoms with Gasteiger partial charge in [0.15, 0.2) is 5.13 Å². The minimum atomic E-state index is 0.623. The van der Waals surface area contributed by atoms with Crippen LogP contribution in [0.2, 0.25) is 0 Å². The summed E-state index contributed by atoms with van der Waals surface area (Å²) in [5, 5.41) is 6.56. The molecule has 14 heavy (non-hydrogen) atoms. The van der Waals surface area contributed by atoms with Crippen molar-refractivity contribution in [3.63, 3.8) is 0 Å². The van der Waals surface area contributed by atoms with E-state index in [1.807, 2.05) is 5.38 Å². The lowest BCUT2D eigenvalue weighted by Gasteiger charge is -2.26. The Morgan fingerprint density at radius 3 is 3.14 bits per heavy atom. The number of aromatic nitrogens is 1. The first-order valence-corrected chi connectivity index (χ1v) is 6.57. The van der Waals surface area contributed by atoms with Gasteiger partial charge >= 0.3 is 0 Å². The maximum atomic E-state index is 4.46. The summed E-state index contributed by atoms with van der Waals surface area (Å²) in [7, 11) is 0. The minimum absolute atomic E-state index is 0.623. The first kappa shape index (κ1) is 10.4.